The highest BCUT2D eigenvalue weighted by molar-refractivity contribution is 6.39. The van der Waals surface area contributed by atoms with Gasteiger partial charge in [0.15, 0.2) is 6.61 Å². The van der Waals surface area contributed by atoms with Crippen LogP contribution >= 0.6 is 23.2 Å². The molecule has 0 aliphatic carbocycles. The Balaban J connectivity index is 1.55. The molecule has 0 saturated heterocycles. The van der Waals surface area contributed by atoms with Crippen LogP contribution in [0.4, 0.5) is 11.4 Å². The zero-order valence-corrected chi connectivity index (χ0v) is 20.2. The van der Waals surface area contributed by atoms with E-state index in [1.807, 2.05) is 19.1 Å². The van der Waals surface area contributed by atoms with E-state index in [1.54, 1.807) is 48.5 Å². The van der Waals surface area contributed by atoms with Gasteiger partial charge in [-0.15, -0.1) is 0 Å². The van der Waals surface area contributed by atoms with Crippen LogP contribution in [0.1, 0.15) is 18.1 Å². The summed E-state index contributed by atoms with van der Waals surface area (Å²) in [7, 11) is 0. The first-order valence-corrected chi connectivity index (χ1v) is 11.3. The number of hydrazone groups is 1. The quantitative estimate of drug-likeness (QED) is 0.231. The van der Waals surface area contributed by atoms with Gasteiger partial charge in [-0.3, -0.25) is 14.4 Å². The van der Waals surface area contributed by atoms with Crippen molar-refractivity contribution in [3.8, 4) is 5.75 Å². The number of halogens is 2. The number of para-hydroxylation sites is 2. The van der Waals surface area contributed by atoms with Crippen LogP contribution in [0.2, 0.25) is 10.0 Å². The van der Waals surface area contributed by atoms with E-state index in [1.165, 1.54) is 12.3 Å². The van der Waals surface area contributed by atoms with Gasteiger partial charge in [0.1, 0.15) is 5.75 Å². The van der Waals surface area contributed by atoms with Crippen LogP contribution < -0.4 is 20.8 Å². The molecule has 0 atom stereocenters. The monoisotopic (exact) mass is 512 g/mol. The second-order valence-electron chi connectivity index (χ2n) is 7.16. The highest BCUT2D eigenvalue weighted by Gasteiger charge is 2.14. The van der Waals surface area contributed by atoms with E-state index in [0.717, 1.165) is 5.56 Å². The Morgan fingerprint density at radius 1 is 0.914 bits per heavy atom. The minimum absolute atomic E-state index is 0.296. The first kappa shape index (κ1) is 25.7. The van der Waals surface area contributed by atoms with E-state index in [-0.39, 0.29) is 6.61 Å². The number of ether oxygens (including phenoxy) is 1. The molecule has 3 aromatic carbocycles. The molecule has 0 radical (unpaired) electrons. The Hall–Kier alpha value is -3.88. The molecule has 0 saturated carbocycles. The van der Waals surface area contributed by atoms with Crippen molar-refractivity contribution in [3.05, 3.63) is 87.9 Å². The van der Waals surface area contributed by atoms with Crippen LogP contribution in [0, 0.1) is 0 Å². The topological polar surface area (TPSA) is 109 Å². The van der Waals surface area contributed by atoms with Gasteiger partial charge in [0.05, 0.1) is 16.9 Å². The van der Waals surface area contributed by atoms with Crippen LogP contribution in [0.5, 0.6) is 5.75 Å². The van der Waals surface area contributed by atoms with Gasteiger partial charge >= 0.3 is 11.8 Å². The van der Waals surface area contributed by atoms with Crippen LogP contribution in [-0.2, 0) is 20.8 Å². The first-order valence-electron chi connectivity index (χ1n) is 10.6. The average molecular weight is 513 g/mol. The summed E-state index contributed by atoms with van der Waals surface area (Å²) >= 11 is 11.9. The lowest BCUT2D eigenvalue weighted by Gasteiger charge is -2.10. The number of rotatable bonds is 8. The number of hydrogen-bond donors (Lipinski definition) is 3. The van der Waals surface area contributed by atoms with Gasteiger partial charge in [0.2, 0.25) is 0 Å². The zero-order chi connectivity index (χ0) is 25.2. The number of carbonyl (C=O) groups excluding carboxylic acids is 3. The van der Waals surface area contributed by atoms with Gasteiger partial charge in [-0.1, -0.05) is 60.5 Å². The van der Waals surface area contributed by atoms with Crippen molar-refractivity contribution in [3.63, 3.8) is 0 Å². The molecule has 0 unspecified atom stereocenters. The largest absolute Gasteiger partial charge is 0.483 e. The molecule has 0 aromatic heterocycles. The first-order chi connectivity index (χ1) is 16.9. The molecule has 0 heterocycles. The molecule has 0 spiro atoms. The van der Waals surface area contributed by atoms with Gasteiger partial charge in [0, 0.05) is 16.3 Å². The number of nitrogens with zero attached hydrogens (tertiary/aromatic N) is 1. The lowest BCUT2D eigenvalue weighted by molar-refractivity contribution is -0.136. The van der Waals surface area contributed by atoms with Crippen molar-refractivity contribution < 1.29 is 19.1 Å². The lowest BCUT2D eigenvalue weighted by Crippen LogP contribution is -2.32. The maximum atomic E-state index is 12.2. The summed E-state index contributed by atoms with van der Waals surface area (Å²) in [5, 5.41) is 9.79. The number of benzene rings is 3. The molecule has 10 heteroatoms. The maximum absolute atomic E-state index is 12.2. The predicted molar refractivity (Wildman–Crippen MR) is 137 cm³/mol. The van der Waals surface area contributed by atoms with E-state index in [0.29, 0.717) is 39.2 Å². The minimum atomic E-state index is -0.926. The van der Waals surface area contributed by atoms with Gasteiger partial charge in [-0.25, -0.2) is 5.43 Å². The molecule has 0 aliphatic rings. The number of amides is 3. The highest BCUT2D eigenvalue weighted by atomic mass is 35.5. The molecular formula is C25H22Cl2N4O4. The van der Waals surface area contributed by atoms with E-state index < -0.39 is 17.7 Å². The van der Waals surface area contributed by atoms with E-state index in [2.05, 4.69) is 21.2 Å². The Morgan fingerprint density at radius 3 is 2.43 bits per heavy atom. The third-order valence-corrected chi connectivity index (χ3v) is 5.25. The van der Waals surface area contributed by atoms with E-state index in [4.69, 9.17) is 27.9 Å². The standard InChI is InChI=1S/C25H22Cl2N4O4/c1-2-16-7-3-5-9-20(16)30-24(33)25(34)31-28-14-17-8-4-6-10-22(17)35-15-23(32)29-21-12-11-18(26)13-19(21)27/h3-14H,2,15H2,1H3,(H,29,32)(H,30,33)(H,31,34)/b28-14-. The summed E-state index contributed by atoms with van der Waals surface area (Å²) in [5.41, 5.74) is 4.55. The minimum Gasteiger partial charge on any atom is -0.483 e. The third-order valence-electron chi connectivity index (χ3n) is 4.71. The summed E-state index contributed by atoms with van der Waals surface area (Å²) in [4.78, 5) is 36.5. The average Bonchev–Trinajstić information content (AvgIpc) is 2.85. The molecule has 0 fully saturated rings. The van der Waals surface area contributed by atoms with Crippen molar-refractivity contribution in [1.82, 2.24) is 5.43 Å². The lowest BCUT2D eigenvalue weighted by atomic mass is 10.1. The Bertz CT molecular complexity index is 1260. The Kier molecular flexibility index (Phi) is 9.23. The highest BCUT2D eigenvalue weighted by Crippen LogP contribution is 2.25. The summed E-state index contributed by atoms with van der Waals surface area (Å²) < 4.78 is 5.58. The third kappa shape index (κ3) is 7.56. The van der Waals surface area contributed by atoms with Crippen LogP contribution in [0.15, 0.2) is 71.8 Å². The molecule has 3 rings (SSSR count). The van der Waals surface area contributed by atoms with Gasteiger partial charge < -0.3 is 15.4 Å². The molecule has 3 amide bonds. The second-order valence-corrected chi connectivity index (χ2v) is 8.01. The number of hydrogen-bond acceptors (Lipinski definition) is 5. The maximum Gasteiger partial charge on any atom is 0.329 e. The van der Waals surface area contributed by atoms with Gasteiger partial charge in [-0.2, -0.15) is 5.10 Å². The smallest absolute Gasteiger partial charge is 0.329 e. The molecule has 180 valence electrons. The number of nitrogens with one attached hydrogen (secondary N) is 3. The molecule has 3 aromatic rings. The van der Waals surface area contributed by atoms with Crippen LogP contribution in [0.25, 0.3) is 0 Å². The van der Waals surface area contributed by atoms with Crippen molar-refractivity contribution in [2.75, 3.05) is 17.2 Å². The zero-order valence-electron chi connectivity index (χ0n) is 18.7. The molecule has 0 aliphatic heterocycles. The fourth-order valence-electron chi connectivity index (χ4n) is 2.98. The number of aryl methyl sites for hydroxylation is 1. The number of carbonyl (C=O) groups is 3. The second kappa shape index (κ2) is 12.5. The molecular weight excluding hydrogens is 491 g/mol. The summed E-state index contributed by atoms with van der Waals surface area (Å²) in [6.07, 6.45) is 2.02. The van der Waals surface area contributed by atoms with Crippen molar-refractivity contribution >= 4 is 58.5 Å². The van der Waals surface area contributed by atoms with Crippen LogP contribution in [0.3, 0.4) is 0 Å². The fourth-order valence-corrected chi connectivity index (χ4v) is 3.44. The van der Waals surface area contributed by atoms with Crippen molar-refractivity contribution in [2.45, 2.75) is 13.3 Å². The Labute approximate surface area is 212 Å². The summed E-state index contributed by atoms with van der Waals surface area (Å²) in [6, 6.07) is 18.7. The van der Waals surface area contributed by atoms with Crippen molar-refractivity contribution in [1.29, 1.82) is 0 Å². The van der Waals surface area contributed by atoms with Gasteiger partial charge in [0.25, 0.3) is 5.91 Å². The molecule has 35 heavy (non-hydrogen) atoms. The van der Waals surface area contributed by atoms with E-state index in [9.17, 15) is 14.4 Å². The molecule has 0 bridgehead atoms. The molecule has 3 N–H and O–H groups in total. The molecule has 8 nitrogen and oxygen atoms in total. The fraction of sp³-hybridized carbons (Fsp3) is 0.120. The predicted octanol–water partition coefficient (Wildman–Crippen LogP) is 4.66. The number of anilines is 2. The van der Waals surface area contributed by atoms with Gasteiger partial charge in [-0.05, 0) is 48.4 Å². The summed E-state index contributed by atoms with van der Waals surface area (Å²) in [5.74, 6) is -1.85. The summed E-state index contributed by atoms with van der Waals surface area (Å²) in [6.45, 7) is 1.65. The SMILES string of the molecule is CCc1ccccc1NC(=O)C(=O)N/N=C\c1ccccc1OCC(=O)Nc1ccc(Cl)cc1Cl. The normalized spacial score (nSPS) is 10.6. The van der Waals surface area contributed by atoms with E-state index >= 15 is 0 Å². The van der Waals surface area contributed by atoms with Crippen LogP contribution in [-0.4, -0.2) is 30.5 Å². The Morgan fingerprint density at radius 2 is 1.66 bits per heavy atom. The van der Waals surface area contributed by atoms with Crippen molar-refractivity contribution in [2.24, 2.45) is 5.10 Å².